The Kier molecular flexibility index (Phi) is 6.74. The summed E-state index contributed by atoms with van der Waals surface area (Å²) in [7, 11) is 0. The Balaban J connectivity index is 1.07. The van der Waals surface area contributed by atoms with Crippen molar-refractivity contribution in [3.05, 3.63) is 151 Å². The van der Waals surface area contributed by atoms with Crippen molar-refractivity contribution in [1.82, 2.24) is 15.0 Å². The van der Waals surface area contributed by atoms with Crippen molar-refractivity contribution in [1.29, 1.82) is 0 Å². The minimum atomic E-state index is 0.388. The Hall–Kier alpha value is -5.67. The first-order chi connectivity index (χ1) is 25.6. The molecule has 3 heteroatoms. The topological polar surface area (TPSA) is 38.7 Å². The maximum Gasteiger partial charge on any atom is 0.164 e. The molecule has 12 rings (SSSR count). The van der Waals surface area contributed by atoms with Crippen LogP contribution in [0.5, 0.6) is 0 Å². The number of rotatable bonds is 5. The van der Waals surface area contributed by atoms with Crippen molar-refractivity contribution in [2.75, 3.05) is 0 Å². The second-order valence-electron chi connectivity index (χ2n) is 15.9. The largest absolute Gasteiger partial charge is 0.208 e. The predicted octanol–water partition coefficient (Wildman–Crippen LogP) is 12.5. The summed E-state index contributed by atoms with van der Waals surface area (Å²) >= 11 is 0. The van der Waals surface area contributed by atoms with Crippen LogP contribution in [0.2, 0.25) is 0 Å². The zero-order valence-corrected chi connectivity index (χ0v) is 29.2. The lowest BCUT2D eigenvalue weighted by atomic mass is 9.48. The Morgan fingerprint density at radius 2 is 0.923 bits per heavy atom. The molecule has 4 aliphatic carbocycles. The summed E-state index contributed by atoms with van der Waals surface area (Å²) in [4.78, 5) is 15.6. The van der Waals surface area contributed by atoms with Crippen LogP contribution in [-0.2, 0) is 5.41 Å². The fourth-order valence-corrected chi connectivity index (χ4v) is 10.6. The van der Waals surface area contributed by atoms with E-state index in [4.69, 9.17) is 15.0 Å². The van der Waals surface area contributed by atoms with Gasteiger partial charge in [-0.1, -0.05) is 127 Å². The number of hydrogen-bond donors (Lipinski definition) is 0. The van der Waals surface area contributed by atoms with Gasteiger partial charge >= 0.3 is 0 Å². The van der Waals surface area contributed by atoms with E-state index in [1.807, 2.05) is 0 Å². The SMILES string of the molecule is c1ccc2cc(-c3nc(-c4cc(-c5ccc(C67CC8CC(CC(C8)C6)C7)cc5)c5ccccc5c4)nc(-c4cccc5ccccc45)n3)ccc2c1. The van der Waals surface area contributed by atoms with Crippen LogP contribution in [0.15, 0.2) is 146 Å². The van der Waals surface area contributed by atoms with Crippen LogP contribution in [0.1, 0.15) is 44.1 Å². The van der Waals surface area contributed by atoms with Crippen molar-refractivity contribution in [2.24, 2.45) is 17.8 Å². The van der Waals surface area contributed by atoms with E-state index in [2.05, 4.69) is 146 Å². The van der Waals surface area contributed by atoms with E-state index in [1.54, 1.807) is 5.56 Å². The lowest BCUT2D eigenvalue weighted by Crippen LogP contribution is -2.48. The van der Waals surface area contributed by atoms with Crippen LogP contribution >= 0.6 is 0 Å². The second kappa shape index (κ2) is 11.7. The van der Waals surface area contributed by atoms with Gasteiger partial charge in [0.25, 0.3) is 0 Å². The first-order valence-electron chi connectivity index (χ1n) is 19.0. The van der Waals surface area contributed by atoms with Gasteiger partial charge in [-0.15, -0.1) is 0 Å². The average Bonchev–Trinajstić information content (AvgIpc) is 3.19. The first kappa shape index (κ1) is 30.0. The van der Waals surface area contributed by atoms with E-state index < -0.39 is 0 Å². The van der Waals surface area contributed by atoms with Crippen LogP contribution in [0.3, 0.4) is 0 Å². The van der Waals surface area contributed by atoms with E-state index in [0.29, 0.717) is 22.9 Å². The minimum absolute atomic E-state index is 0.388. The van der Waals surface area contributed by atoms with Gasteiger partial charge in [-0.3, -0.25) is 0 Å². The van der Waals surface area contributed by atoms with E-state index in [0.717, 1.165) is 39.8 Å². The molecule has 7 aromatic carbocycles. The maximum absolute atomic E-state index is 5.25. The Labute approximate surface area is 304 Å². The summed E-state index contributed by atoms with van der Waals surface area (Å²) in [5, 5.41) is 7.08. The van der Waals surface area contributed by atoms with Gasteiger partial charge in [0, 0.05) is 16.7 Å². The highest BCUT2D eigenvalue weighted by Crippen LogP contribution is 2.60. The molecule has 0 saturated heterocycles. The van der Waals surface area contributed by atoms with Crippen LogP contribution in [0, 0.1) is 17.8 Å². The molecule has 4 saturated carbocycles. The Morgan fingerprint density at radius 3 is 1.65 bits per heavy atom. The number of benzene rings is 7. The number of nitrogens with zero attached hydrogens (tertiary/aromatic N) is 3. The molecule has 4 aliphatic rings. The molecule has 4 bridgehead atoms. The van der Waals surface area contributed by atoms with Crippen LogP contribution in [-0.4, -0.2) is 15.0 Å². The number of hydrogen-bond acceptors (Lipinski definition) is 3. The van der Waals surface area contributed by atoms with E-state index in [1.165, 1.54) is 76.6 Å². The van der Waals surface area contributed by atoms with Crippen LogP contribution in [0.25, 0.3) is 77.6 Å². The van der Waals surface area contributed by atoms with E-state index in [9.17, 15) is 0 Å². The maximum atomic E-state index is 5.25. The fourth-order valence-electron chi connectivity index (χ4n) is 10.6. The molecule has 1 heterocycles. The smallest absolute Gasteiger partial charge is 0.164 e. The molecule has 4 fully saturated rings. The summed E-state index contributed by atoms with van der Waals surface area (Å²) in [5.41, 5.74) is 7.38. The van der Waals surface area contributed by atoms with E-state index in [-0.39, 0.29) is 0 Å². The average molecular weight is 670 g/mol. The van der Waals surface area contributed by atoms with Gasteiger partial charge in [0.05, 0.1) is 0 Å². The Morgan fingerprint density at radius 1 is 0.385 bits per heavy atom. The van der Waals surface area contributed by atoms with Gasteiger partial charge in [-0.2, -0.15) is 0 Å². The molecule has 0 radical (unpaired) electrons. The van der Waals surface area contributed by atoms with Crippen molar-refractivity contribution >= 4 is 32.3 Å². The van der Waals surface area contributed by atoms with Crippen molar-refractivity contribution in [2.45, 2.75) is 43.9 Å². The summed E-state index contributed by atoms with van der Waals surface area (Å²) in [6.45, 7) is 0. The summed E-state index contributed by atoms with van der Waals surface area (Å²) in [6.07, 6.45) is 8.56. The third-order valence-electron chi connectivity index (χ3n) is 12.6. The normalized spacial score (nSPS) is 22.0. The molecule has 0 atom stereocenters. The highest BCUT2D eigenvalue weighted by Gasteiger charge is 2.51. The molecule has 0 spiro atoms. The Bertz CT molecular complexity index is 2630. The first-order valence-corrected chi connectivity index (χ1v) is 19.0. The third kappa shape index (κ3) is 4.98. The molecule has 3 nitrogen and oxygen atoms in total. The molecule has 52 heavy (non-hydrogen) atoms. The lowest BCUT2D eigenvalue weighted by molar-refractivity contribution is -0.00518. The minimum Gasteiger partial charge on any atom is -0.208 e. The lowest BCUT2D eigenvalue weighted by Gasteiger charge is -2.57. The molecule has 1 aromatic heterocycles. The summed E-state index contributed by atoms with van der Waals surface area (Å²) < 4.78 is 0. The predicted molar refractivity (Wildman–Crippen MR) is 214 cm³/mol. The third-order valence-corrected chi connectivity index (χ3v) is 12.6. The van der Waals surface area contributed by atoms with Gasteiger partial charge in [0.1, 0.15) is 0 Å². The quantitative estimate of drug-likeness (QED) is 0.183. The standard InChI is InChI=1S/C49H39N3/c1-2-10-37-25-39(17-16-34(37)8-1)46-50-47(52-48(51-46)44-15-7-12-35-9-3-5-13-42(35)44)40-26-38-11-4-6-14-43(38)45(27-40)36-18-20-41(21-19-36)49-28-31-22-32(29-49)24-33(23-31)30-49/h1-21,25-27,31-33H,22-24,28-30H2. The molecular weight excluding hydrogens is 631 g/mol. The van der Waals surface area contributed by atoms with Gasteiger partial charge in [-0.25, -0.2) is 15.0 Å². The number of aromatic nitrogens is 3. The van der Waals surface area contributed by atoms with Gasteiger partial charge < -0.3 is 0 Å². The number of fused-ring (bicyclic) bond motifs is 3. The van der Waals surface area contributed by atoms with Crippen molar-refractivity contribution in [3.8, 4) is 45.3 Å². The molecule has 0 unspecified atom stereocenters. The highest BCUT2D eigenvalue weighted by molar-refractivity contribution is 6.00. The second-order valence-corrected chi connectivity index (χ2v) is 15.9. The fraction of sp³-hybridized carbons (Fsp3) is 0.204. The monoisotopic (exact) mass is 669 g/mol. The zero-order valence-electron chi connectivity index (χ0n) is 29.2. The van der Waals surface area contributed by atoms with E-state index >= 15 is 0 Å². The van der Waals surface area contributed by atoms with Crippen molar-refractivity contribution < 1.29 is 0 Å². The van der Waals surface area contributed by atoms with Gasteiger partial charge in [0.15, 0.2) is 17.5 Å². The molecule has 8 aromatic rings. The molecule has 0 amide bonds. The summed E-state index contributed by atoms with van der Waals surface area (Å²) in [5.74, 6) is 4.84. The van der Waals surface area contributed by atoms with Crippen molar-refractivity contribution in [3.63, 3.8) is 0 Å². The molecule has 250 valence electrons. The van der Waals surface area contributed by atoms with Gasteiger partial charge in [-0.05, 0) is 129 Å². The van der Waals surface area contributed by atoms with Crippen LogP contribution < -0.4 is 0 Å². The van der Waals surface area contributed by atoms with Gasteiger partial charge in [0.2, 0.25) is 0 Å². The summed E-state index contributed by atoms with van der Waals surface area (Å²) in [6, 6.07) is 52.8. The molecule has 0 N–H and O–H groups in total. The molecule has 0 aliphatic heterocycles. The molecular formula is C49H39N3. The zero-order chi connectivity index (χ0) is 34.2. The van der Waals surface area contributed by atoms with Crippen LogP contribution in [0.4, 0.5) is 0 Å². The highest BCUT2D eigenvalue weighted by atomic mass is 15.0.